The predicted molar refractivity (Wildman–Crippen MR) is 65.4 cm³/mol. The van der Waals surface area contributed by atoms with E-state index >= 15 is 0 Å². The van der Waals surface area contributed by atoms with E-state index in [4.69, 9.17) is 11.6 Å². The lowest BCUT2D eigenvalue weighted by Crippen LogP contribution is -2.28. The maximum absolute atomic E-state index is 11.8. The molecule has 1 saturated heterocycles. The van der Waals surface area contributed by atoms with Gasteiger partial charge in [0.15, 0.2) is 0 Å². The minimum Gasteiger partial charge on any atom is -0.336 e. The van der Waals surface area contributed by atoms with E-state index in [0.717, 1.165) is 6.54 Å². The minimum absolute atomic E-state index is 0.155. The highest BCUT2D eigenvalue weighted by atomic mass is 35.5. The Balaban J connectivity index is 2.11. The molecule has 16 heavy (non-hydrogen) atoms. The van der Waals surface area contributed by atoms with Gasteiger partial charge in [-0.3, -0.25) is 4.79 Å². The Kier molecular flexibility index (Phi) is 3.49. The summed E-state index contributed by atoms with van der Waals surface area (Å²) in [4.78, 5) is 13.8. The first-order valence-electron chi connectivity index (χ1n) is 5.62. The van der Waals surface area contributed by atoms with E-state index in [1.54, 1.807) is 0 Å². The number of halogens is 1. The van der Waals surface area contributed by atoms with Crippen molar-refractivity contribution in [2.75, 3.05) is 12.4 Å². The van der Waals surface area contributed by atoms with Crippen molar-refractivity contribution in [2.24, 2.45) is 5.92 Å². The van der Waals surface area contributed by atoms with Crippen molar-refractivity contribution in [2.45, 2.75) is 19.4 Å². The summed E-state index contributed by atoms with van der Waals surface area (Å²) in [5.74, 6) is 1.12. The largest absolute Gasteiger partial charge is 0.336 e. The zero-order valence-corrected chi connectivity index (χ0v) is 10.2. The fourth-order valence-electron chi connectivity index (χ4n) is 2.20. The molecule has 1 fully saturated rings. The summed E-state index contributed by atoms with van der Waals surface area (Å²) in [6.07, 6.45) is 0.598. The van der Waals surface area contributed by atoms with Crippen molar-refractivity contribution in [1.82, 2.24) is 4.90 Å². The highest BCUT2D eigenvalue weighted by Crippen LogP contribution is 2.28. The number of benzene rings is 1. The number of likely N-dealkylation sites (tertiary alicyclic amines) is 1. The molecule has 0 saturated carbocycles. The number of hydrogen-bond donors (Lipinski definition) is 0. The summed E-state index contributed by atoms with van der Waals surface area (Å²) in [7, 11) is 0. The maximum atomic E-state index is 11.8. The van der Waals surface area contributed by atoms with Gasteiger partial charge in [-0.1, -0.05) is 30.3 Å². The number of amides is 1. The molecule has 1 aliphatic heterocycles. The summed E-state index contributed by atoms with van der Waals surface area (Å²) in [5.41, 5.74) is 1.19. The third-order valence-electron chi connectivity index (χ3n) is 3.21. The molecular weight excluding hydrogens is 222 g/mol. The number of nitrogens with zero attached hydrogens (tertiary/aromatic N) is 1. The molecule has 1 amide bonds. The molecule has 2 nitrogen and oxygen atoms in total. The standard InChI is InChI=1S/C13H16ClNO/c1-10(12-5-3-2-4-6-12)15-9-11(8-14)7-13(15)16/h2-6,10-11H,7-9H2,1H3. The topological polar surface area (TPSA) is 20.3 Å². The molecule has 0 N–H and O–H groups in total. The van der Waals surface area contributed by atoms with Gasteiger partial charge in [0.05, 0.1) is 6.04 Å². The van der Waals surface area contributed by atoms with Crippen LogP contribution >= 0.6 is 11.6 Å². The molecule has 0 aromatic heterocycles. The van der Waals surface area contributed by atoms with Gasteiger partial charge in [-0.25, -0.2) is 0 Å². The third-order valence-corrected chi connectivity index (χ3v) is 3.64. The van der Waals surface area contributed by atoms with Gasteiger partial charge in [0.1, 0.15) is 0 Å². The van der Waals surface area contributed by atoms with Crippen molar-refractivity contribution in [3.05, 3.63) is 35.9 Å². The SMILES string of the molecule is CC(c1ccccc1)N1CC(CCl)CC1=O. The van der Waals surface area contributed by atoms with Crippen LogP contribution in [0.2, 0.25) is 0 Å². The van der Waals surface area contributed by atoms with Gasteiger partial charge in [-0.15, -0.1) is 11.6 Å². The average Bonchev–Trinajstić information content (AvgIpc) is 2.71. The smallest absolute Gasteiger partial charge is 0.223 e. The molecule has 0 radical (unpaired) electrons. The minimum atomic E-state index is 0.155. The zero-order chi connectivity index (χ0) is 11.5. The zero-order valence-electron chi connectivity index (χ0n) is 9.40. The number of carbonyl (C=O) groups is 1. The van der Waals surface area contributed by atoms with Crippen LogP contribution in [0.3, 0.4) is 0 Å². The molecule has 0 aliphatic carbocycles. The summed E-state index contributed by atoms with van der Waals surface area (Å²) >= 11 is 5.81. The van der Waals surface area contributed by atoms with Crippen LogP contribution in [0.15, 0.2) is 30.3 Å². The van der Waals surface area contributed by atoms with Crippen molar-refractivity contribution >= 4 is 17.5 Å². The Bertz CT molecular complexity index is 365. The van der Waals surface area contributed by atoms with E-state index in [9.17, 15) is 4.79 Å². The van der Waals surface area contributed by atoms with E-state index in [1.165, 1.54) is 5.56 Å². The highest BCUT2D eigenvalue weighted by molar-refractivity contribution is 6.18. The van der Waals surface area contributed by atoms with E-state index in [1.807, 2.05) is 23.1 Å². The molecular formula is C13H16ClNO. The molecule has 2 unspecified atom stereocenters. The number of rotatable bonds is 3. The number of alkyl halides is 1. The lowest BCUT2D eigenvalue weighted by molar-refractivity contribution is -0.129. The Morgan fingerprint density at radius 1 is 1.44 bits per heavy atom. The monoisotopic (exact) mass is 237 g/mol. The van der Waals surface area contributed by atoms with E-state index < -0.39 is 0 Å². The maximum Gasteiger partial charge on any atom is 0.223 e. The molecule has 1 heterocycles. The van der Waals surface area contributed by atoms with Crippen LogP contribution in [-0.4, -0.2) is 23.2 Å². The highest BCUT2D eigenvalue weighted by Gasteiger charge is 2.32. The molecule has 0 bridgehead atoms. The molecule has 2 rings (SSSR count). The van der Waals surface area contributed by atoms with Crippen LogP contribution in [0, 0.1) is 5.92 Å². The summed E-state index contributed by atoms with van der Waals surface area (Å²) in [6.45, 7) is 2.86. The van der Waals surface area contributed by atoms with Gasteiger partial charge in [0.25, 0.3) is 0 Å². The van der Waals surface area contributed by atoms with Crippen LogP contribution in [0.25, 0.3) is 0 Å². The summed E-state index contributed by atoms with van der Waals surface area (Å²) in [5, 5.41) is 0. The van der Waals surface area contributed by atoms with Crippen LogP contribution in [0.5, 0.6) is 0 Å². The van der Waals surface area contributed by atoms with E-state index in [0.29, 0.717) is 18.2 Å². The summed E-state index contributed by atoms with van der Waals surface area (Å²) in [6, 6.07) is 10.3. The Labute approximate surface area is 101 Å². The lowest BCUT2D eigenvalue weighted by atomic mass is 10.1. The molecule has 0 spiro atoms. The van der Waals surface area contributed by atoms with Gasteiger partial charge in [-0.2, -0.15) is 0 Å². The van der Waals surface area contributed by atoms with Crippen molar-refractivity contribution in [3.63, 3.8) is 0 Å². The fraction of sp³-hybridized carbons (Fsp3) is 0.462. The van der Waals surface area contributed by atoms with Crippen LogP contribution in [0.1, 0.15) is 24.9 Å². The number of hydrogen-bond acceptors (Lipinski definition) is 1. The lowest BCUT2D eigenvalue weighted by Gasteiger charge is -2.25. The van der Waals surface area contributed by atoms with Gasteiger partial charge < -0.3 is 4.90 Å². The van der Waals surface area contributed by atoms with Crippen molar-refractivity contribution < 1.29 is 4.79 Å². The number of carbonyl (C=O) groups excluding carboxylic acids is 1. The molecule has 1 aromatic carbocycles. The Morgan fingerprint density at radius 2 is 2.12 bits per heavy atom. The van der Waals surface area contributed by atoms with Crippen molar-refractivity contribution in [3.8, 4) is 0 Å². The van der Waals surface area contributed by atoms with Gasteiger partial charge in [0, 0.05) is 18.8 Å². The Morgan fingerprint density at radius 3 is 2.69 bits per heavy atom. The second-order valence-corrected chi connectivity index (χ2v) is 4.67. The fourth-order valence-corrected chi connectivity index (χ4v) is 2.40. The predicted octanol–water partition coefficient (Wildman–Crippen LogP) is 2.83. The van der Waals surface area contributed by atoms with Gasteiger partial charge in [0.2, 0.25) is 5.91 Å². The second kappa shape index (κ2) is 4.88. The first-order valence-corrected chi connectivity index (χ1v) is 6.16. The van der Waals surface area contributed by atoms with Gasteiger partial charge >= 0.3 is 0 Å². The molecule has 1 aliphatic rings. The first-order chi connectivity index (χ1) is 7.72. The second-order valence-electron chi connectivity index (χ2n) is 4.36. The van der Waals surface area contributed by atoms with Crippen molar-refractivity contribution in [1.29, 1.82) is 0 Å². The normalized spacial score (nSPS) is 22.5. The molecule has 86 valence electrons. The van der Waals surface area contributed by atoms with Gasteiger partial charge in [-0.05, 0) is 18.4 Å². The molecule has 2 atom stereocenters. The first kappa shape index (κ1) is 11.5. The third kappa shape index (κ3) is 2.22. The van der Waals surface area contributed by atoms with Crippen LogP contribution < -0.4 is 0 Å². The molecule has 1 aromatic rings. The summed E-state index contributed by atoms with van der Waals surface area (Å²) < 4.78 is 0. The molecule has 3 heteroatoms. The average molecular weight is 238 g/mol. The van der Waals surface area contributed by atoms with Crippen LogP contribution in [0.4, 0.5) is 0 Å². The Hall–Kier alpha value is -1.02. The van der Waals surface area contributed by atoms with E-state index in [-0.39, 0.29) is 11.9 Å². The van der Waals surface area contributed by atoms with Crippen LogP contribution in [-0.2, 0) is 4.79 Å². The van der Waals surface area contributed by atoms with E-state index in [2.05, 4.69) is 19.1 Å². The quantitative estimate of drug-likeness (QED) is 0.741.